The quantitative estimate of drug-likeness (QED) is 0.778. The van der Waals surface area contributed by atoms with Crippen LogP contribution in [0.15, 0.2) is 47.3 Å². The number of nitrogens with one attached hydrogen (secondary N) is 2. The number of aromatic amines is 1. The Balaban J connectivity index is 1.76. The van der Waals surface area contributed by atoms with Crippen molar-refractivity contribution in [3.05, 3.63) is 64.3 Å². The molecule has 1 heterocycles. The van der Waals surface area contributed by atoms with Crippen LogP contribution in [0.1, 0.15) is 5.56 Å². The number of aryl methyl sites for hydroxylation is 1. The van der Waals surface area contributed by atoms with Crippen molar-refractivity contribution >= 4 is 22.6 Å². The van der Waals surface area contributed by atoms with E-state index in [4.69, 9.17) is 0 Å². The molecule has 22 heavy (non-hydrogen) atoms. The number of H-pyrrole nitrogens is 1. The molecule has 2 N–H and O–H groups in total. The number of anilines is 1. The molecule has 0 aliphatic carbocycles. The highest BCUT2D eigenvalue weighted by atomic mass is 19.1. The van der Waals surface area contributed by atoms with E-state index < -0.39 is 0 Å². The fourth-order valence-corrected chi connectivity index (χ4v) is 2.31. The summed E-state index contributed by atoms with van der Waals surface area (Å²) in [6.07, 6.45) is 0.156. The Kier molecular flexibility index (Phi) is 3.50. The largest absolute Gasteiger partial charge is 0.326 e. The van der Waals surface area contributed by atoms with Crippen molar-refractivity contribution < 1.29 is 9.18 Å². The zero-order valence-corrected chi connectivity index (χ0v) is 11.9. The van der Waals surface area contributed by atoms with E-state index in [0.717, 1.165) is 11.1 Å². The average molecular weight is 299 g/mol. The van der Waals surface area contributed by atoms with Crippen molar-refractivity contribution in [3.63, 3.8) is 0 Å². The summed E-state index contributed by atoms with van der Waals surface area (Å²) < 4.78 is 14.3. The van der Waals surface area contributed by atoms with Crippen LogP contribution in [0.4, 0.5) is 10.1 Å². The van der Waals surface area contributed by atoms with Crippen LogP contribution in [0.3, 0.4) is 0 Å². The molecule has 1 amide bonds. The van der Waals surface area contributed by atoms with Gasteiger partial charge in [-0.25, -0.2) is 9.18 Å². The summed E-state index contributed by atoms with van der Waals surface area (Å²) >= 11 is 0. The molecule has 3 rings (SSSR count). The molecule has 0 saturated carbocycles. The molecular formula is C16H14FN3O2. The smallest absolute Gasteiger partial charge is 0.326 e. The topological polar surface area (TPSA) is 66.9 Å². The van der Waals surface area contributed by atoms with Gasteiger partial charge in [0.15, 0.2) is 0 Å². The Hall–Kier alpha value is -2.89. The number of hydrogen-bond acceptors (Lipinski definition) is 2. The van der Waals surface area contributed by atoms with Crippen LogP contribution in [-0.2, 0) is 18.3 Å². The molecule has 0 aliphatic rings. The zero-order chi connectivity index (χ0) is 15.7. The fourth-order valence-electron chi connectivity index (χ4n) is 2.31. The second kappa shape index (κ2) is 5.48. The van der Waals surface area contributed by atoms with Gasteiger partial charge < -0.3 is 10.3 Å². The highest BCUT2D eigenvalue weighted by molar-refractivity contribution is 5.94. The molecule has 3 aromatic rings. The van der Waals surface area contributed by atoms with Crippen LogP contribution < -0.4 is 11.0 Å². The molecule has 1 aromatic heterocycles. The summed E-state index contributed by atoms with van der Waals surface area (Å²) in [5.74, 6) is -0.535. The van der Waals surface area contributed by atoms with Gasteiger partial charge in [0.05, 0.1) is 17.5 Å². The number of hydrogen-bond donors (Lipinski definition) is 2. The Morgan fingerprint density at radius 2 is 1.95 bits per heavy atom. The normalized spacial score (nSPS) is 10.8. The van der Waals surface area contributed by atoms with Crippen molar-refractivity contribution in [3.8, 4) is 0 Å². The molecule has 2 aromatic carbocycles. The molecule has 0 bridgehead atoms. The highest BCUT2D eigenvalue weighted by Crippen LogP contribution is 2.16. The average Bonchev–Trinajstić information content (AvgIpc) is 2.76. The Bertz CT molecular complexity index is 894. The third-order valence-corrected chi connectivity index (χ3v) is 3.47. The zero-order valence-electron chi connectivity index (χ0n) is 11.9. The van der Waals surface area contributed by atoms with Crippen LogP contribution in [0.5, 0.6) is 0 Å². The number of amides is 1. The third kappa shape index (κ3) is 2.76. The van der Waals surface area contributed by atoms with Crippen molar-refractivity contribution in [2.45, 2.75) is 6.42 Å². The van der Waals surface area contributed by atoms with E-state index in [9.17, 15) is 14.0 Å². The van der Waals surface area contributed by atoms with E-state index in [1.165, 1.54) is 16.7 Å². The first kappa shape index (κ1) is 14.1. The van der Waals surface area contributed by atoms with Gasteiger partial charge in [-0.2, -0.15) is 0 Å². The first-order valence-electron chi connectivity index (χ1n) is 6.76. The van der Waals surface area contributed by atoms with Gasteiger partial charge in [0.2, 0.25) is 5.91 Å². The van der Waals surface area contributed by atoms with Gasteiger partial charge in [-0.05, 0) is 35.9 Å². The first-order chi connectivity index (χ1) is 10.5. The van der Waals surface area contributed by atoms with E-state index in [2.05, 4.69) is 10.3 Å². The summed E-state index contributed by atoms with van der Waals surface area (Å²) in [7, 11) is 1.67. The maximum atomic E-state index is 12.8. The van der Waals surface area contributed by atoms with Gasteiger partial charge in [-0.1, -0.05) is 12.1 Å². The van der Waals surface area contributed by atoms with Crippen LogP contribution in [0.2, 0.25) is 0 Å². The summed E-state index contributed by atoms with van der Waals surface area (Å²) in [5.41, 5.74) is 2.55. The third-order valence-electron chi connectivity index (χ3n) is 3.47. The molecule has 0 fully saturated rings. The number of halogens is 1. The number of rotatable bonds is 3. The maximum absolute atomic E-state index is 12.8. The molecule has 0 radical (unpaired) electrons. The number of nitrogens with zero attached hydrogens (tertiary/aromatic N) is 1. The van der Waals surface area contributed by atoms with Crippen LogP contribution in [0, 0.1) is 5.82 Å². The number of aromatic nitrogens is 2. The highest BCUT2D eigenvalue weighted by Gasteiger charge is 2.07. The van der Waals surface area contributed by atoms with E-state index >= 15 is 0 Å². The van der Waals surface area contributed by atoms with Gasteiger partial charge >= 0.3 is 5.69 Å². The lowest BCUT2D eigenvalue weighted by atomic mass is 10.1. The predicted octanol–water partition coefficient (Wildman–Crippen LogP) is 2.19. The summed E-state index contributed by atoms with van der Waals surface area (Å²) in [5, 5.41) is 2.76. The lowest BCUT2D eigenvalue weighted by Crippen LogP contribution is -2.14. The minimum atomic E-state index is -0.331. The molecule has 0 aliphatic heterocycles. The first-order valence-corrected chi connectivity index (χ1v) is 6.76. The minimum Gasteiger partial charge on any atom is -0.326 e. The Morgan fingerprint density at radius 3 is 2.68 bits per heavy atom. The summed E-state index contributed by atoms with van der Waals surface area (Å²) in [6, 6.07) is 11.0. The number of imidazole rings is 1. The van der Waals surface area contributed by atoms with E-state index in [0.29, 0.717) is 11.2 Å². The van der Waals surface area contributed by atoms with Gasteiger partial charge in [-0.3, -0.25) is 9.36 Å². The number of carbonyl (C=O) groups is 1. The molecule has 0 atom stereocenters. The monoisotopic (exact) mass is 299 g/mol. The van der Waals surface area contributed by atoms with Crippen LogP contribution in [0.25, 0.3) is 11.0 Å². The second-order valence-electron chi connectivity index (χ2n) is 5.07. The number of fused-ring (bicyclic) bond motifs is 1. The minimum absolute atomic E-state index is 0.156. The fraction of sp³-hybridized carbons (Fsp3) is 0.125. The lowest BCUT2D eigenvalue weighted by molar-refractivity contribution is -0.115. The van der Waals surface area contributed by atoms with E-state index in [1.807, 2.05) is 0 Å². The summed E-state index contributed by atoms with van der Waals surface area (Å²) in [4.78, 5) is 26.2. The van der Waals surface area contributed by atoms with Crippen molar-refractivity contribution in [1.29, 1.82) is 0 Å². The number of benzene rings is 2. The standard InChI is InChI=1S/C16H14FN3O2/c1-20-14-7-6-12(9-13(14)19-16(20)22)18-15(21)8-10-2-4-11(17)5-3-10/h2-7,9H,8H2,1H3,(H,18,21)(H,19,22). The van der Waals surface area contributed by atoms with Crippen molar-refractivity contribution in [1.82, 2.24) is 9.55 Å². The summed E-state index contributed by atoms with van der Waals surface area (Å²) in [6.45, 7) is 0. The lowest BCUT2D eigenvalue weighted by Gasteiger charge is -2.06. The van der Waals surface area contributed by atoms with Crippen molar-refractivity contribution in [2.75, 3.05) is 5.32 Å². The van der Waals surface area contributed by atoms with Crippen LogP contribution >= 0.6 is 0 Å². The van der Waals surface area contributed by atoms with Crippen molar-refractivity contribution in [2.24, 2.45) is 7.05 Å². The predicted molar refractivity (Wildman–Crippen MR) is 82.3 cm³/mol. The van der Waals surface area contributed by atoms with E-state index in [1.54, 1.807) is 37.4 Å². The maximum Gasteiger partial charge on any atom is 0.326 e. The van der Waals surface area contributed by atoms with E-state index in [-0.39, 0.29) is 23.8 Å². The molecule has 6 heteroatoms. The molecule has 5 nitrogen and oxygen atoms in total. The number of carbonyl (C=O) groups excluding carboxylic acids is 1. The Morgan fingerprint density at radius 1 is 1.23 bits per heavy atom. The second-order valence-corrected chi connectivity index (χ2v) is 5.07. The molecular weight excluding hydrogens is 285 g/mol. The van der Waals surface area contributed by atoms with Gasteiger partial charge in [0, 0.05) is 12.7 Å². The van der Waals surface area contributed by atoms with Gasteiger partial charge in [-0.15, -0.1) is 0 Å². The SMILES string of the molecule is Cn1c(=O)[nH]c2cc(NC(=O)Cc3ccc(F)cc3)ccc21. The molecule has 112 valence electrons. The molecule has 0 saturated heterocycles. The van der Waals surface area contributed by atoms with Gasteiger partial charge in [0.1, 0.15) is 5.82 Å². The molecule has 0 unspecified atom stereocenters. The molecule has 0 spiro atoms. The van der Waals surface area contributed by atoms with Gasteiger partial charge in [0.25, 0.3) is 0 Å². The Labute approximate surface area is 125 Å². The van der Waals surface area contributed by atoms with Crippen LogP contribution in [-0.4, -0.2) is 15.5 Å².